The molecule has 0 saturated carbocycles. The summed E-state index contributed by atoms with van der Waals surface area (Å²) in [5, 5.41) is 11.0. The Morgan fingerprint density at radius 3 is 2.00 bits per heavy atom. The Morgan fingerprint density at radius 1 is 0.833 bits per heavy atom. The molecule has 6 heteroatoms. The summed E-state index contributed by atoms with van der Waals surface area (Å²) in [7, 11) is 0. The van der Waals surface area contributed by atoms with Crippen LogP contribution in [0, 0.1) is 0 Å². The van der Waals surface area contributed by atoms with Crippen LogP contribution in [0.1, 0.15) is 24.8 Å². The van der Waals surface area contributed by atoms with Gasteiger partial charge in [-0.05, 0) is 48.4 Å². The van der Waals surface area contributed by atoms with E-state index >= 15 is 0 Å². The minimum absolute atomic E-state index is 0.336. The van der Waals surface area contributed by atoms with Crippen LogP contribution in [0.5, 0.6) is 0 Å². The summed E-state index contributed by atoms with van der Waals surface area (Å²) >= 11 is 0. The van der Waals surface area contributed by atoms with Crippen LogP contribution in [0.25, 0.3) is 0 Å². The minimum atomic E-state index is -0.407. The van der Waals surface area contributed by atoms with Crippen LogP contribution in [0.4, 0.5) is 17.1 Å². The second-order valence-corrected chi connectivity index (χ2v) is 6.61. The van der Waals surface area contributed by atoms with Gasteiger partial charge in [0.1, 0.15) is 0 Å². The zero-order valence-electron chi connectivity index (χ0n) is 16.7. The minimum Gasteiger partial charge on any atom is -0.455 e. The van der Waals surface area contributed by atoms with E-state index < -0.39 is 11.9 Å². The number of carbonyl (C=O) groups excluding carboxylic acids is 2. The normalized spacial score (nSPS) is 11.8. The summed E-state index contributed by atoms with van der Waals surface area (Å²) in [6.07, 6.45) is 0.601. The molecule has 0 fully saturated rings. The summed E-state index contributed by atoms with van der Waals surface area (Å²) in [4.78, 5) is 24.5. The fourth-order valence-corrected chi connectivity index (χ4v) is 2.88. The lowest BCUT2D eigenvalue weighted by Crippen LogP contribution is -2.23. The summed E-state index contributed by atoms with van der Waals surface area (Å²) in [6, 6.07) is 25.8. The number of hydrogen-bond donors (Lipinski definition) is 1. The smallest absolute Gasteiger partial charge is 0.313 e. The first kappa shape index (κ1) is 20.9. The van der Waals surface area contributed by atoms with Crippen LogP contribution in [-0.2, 0) is 14.3 Å². The number of azo groups is 1. The van der Waals surface area contributed by atoms with Gasteiger partial charge in [0, 0.05) is 5.69 Å². The molecule has 0 aromatic heterocycles. The van der Waals surface area contributed by atoms with Crippen molar-refractivity contribution < 1.29 is 14.3 Å². The number of hydrogen-bond acceptors (Lipinski definition) is 5. The number of nitrogens with zero attached hydrogens (tertiary/aromatic N) is 2. The van der Waals surface area contributed by atoms with Crippen molar-refractivity contribution in [3.05, 3.63) is 90.5 Å². The highest BCUT2D eigenvalue weighted by Crippen LogP contribution is 2.21. The van der Waals surface area contributed by atoms with Crippen molar-refractivity contribution in [3.8, 4) is 0 Å². The van der Waals surface area contributed by atoms with E-state index in [9.17, 15) is 9.59 Å². The predicted molar refractivity (Wildman–Crippen MR) is 116 cm³/mol. The zero-order valence-corrected chi connectivity index (χ0v) is 16.7. The number of carbonyl (C=O) groups is 2. The molecule has 0 aliphatic heterocycles. The maximum absolute atomic E-state index is 12.3. The second-order valence-electron chi connectivity index (χ2n) is 6.61. The van der Waals surface area contributed by atoms with Gasteiger partial charge in [0.25, 0.3) is 5.91 Å². The van der Waals surface area contributed by atoms with E-state index in [0.717, 1.165) is 11.3 Å². The predicted octanol–water partition coefficient (Wildman–Crippen LogP) is 5.78. The van der Waals surface area contributed by atoms with Crippen molar-refractivity contribution in [2.45, 2.75) is 19.3 Å². The topological polar surface area (TPSA) is 80.1 Å². The van der Waals surface area contributed by atoms with Crippen LogP contribution < -0.4 is 5.32 Å². The Bertz CT molecular complexity index is 987. The van der Waals surface area contributed by atoms with Crippen LogP contribution >= 0.6 is 0 Å². The lowest BCUT2D eigenvalue weighted by atomic mass is 9.97. The van der Waals surface area contributed by atoms with Crippen LogP contribution in [0.15, 0.2) is 95.2 Å². The van der Waals surface area contributed by atoms with Gasteiger partial charge in [0.05, 0.1) is 17.3 Å². The van der Waals surface area contributed by atoms with E-state index in [4.69, 9.17) is 4.74 Å². The monoisotopic (exact) mass is 401 g/mol. The lowest BCUT2D eigenvalue weighted by Gasteiger charge is -2.14. The molecule has 3 aromatic carbocycles. The highest BCUT2D eigenvalue weighted by molar-refractivity contribution is 5.93. The first-order valence-corrected chi connectivity index (χ1v) is 9.74. The van der Waals surface area contributed by atoms with Gasteiger partial charge >= 0.3 is 5.97 Å². The van der Waals surface area contributed by atoms with Crippen molar-refractivity contribution >= 4 is 28.9 Å². The molecule has 1 N–H and O–H groups in total. The molecule has 6 nitrogen and oxygen atoms in total. The molecule has 0 bridgehead atoms. The van der Waals surface area contributed by atoms with Crippen molar-refractivity contribution in [3.63, 3.8) is 0 Å². The fourth-order valence-electron chi connectivity index (χ4n) is 2.88. The van der Waals surface area contributed by atoms with E-state index in [2.05, 4.69) is 15.5 Å². The third-order valence-corrected chi connectivity index (χ3v) is 4.43. The zero-order chi connectivity index (χ0) is 21.2. The molecular weight excluding hydrogens is 378 g/mol. The summed E-state index contributed by atoms with van der Waals surface area (Å²) in [5.41, 5.74) is 2.89. The molecule has 0 aliphatic rings. The molecule has 0 saturated heterocycles. The van der Waals surface area contributed by atoms with Gasteiger partial charge in [-0.25, -0.2) is 0 Å². The average Bonchev–Trinajstić information content (AvgIpc) is 2.79. The summed E-state index contributed by atoms with van der Waals surface area (Å²) in [6.45, 7) is 1.58. The first-order valence-electron chi connectivity index (χ1n) is 9.74. The fraction of sp³-hybridized carbons (Fsp3) is 0.167. The molecular formula is C24H23N3O3. The van der Waals surface area contributed by atoms with E-state index in [0.29, 0.717) is 17.8 Å². The van der Waals surface area contributed by atoms with Gasteiger partial charge < -0.3 is 10.1 Å². The number of esters is 1. The highest BCUT2D eigenvalue weighted by Gasteiger charge is 2.20. The number of benzene rings is 3. The number of rotatable bonds is 8. The molecule has 0 radical (unpaired) electrons. The van der Waals surface area contributed by atoms with Crippen LogP contribution in [-0.4, -0.2) is 18.5 Å². The average molecular weight is 401 g/mol. The quantitative estimate of drug-likeness (QED) is 0.384. The number of anilines is 1. The molecule has 0 spiro atoms. The molecule has 3 rings (SSSR count). The first-order chi connectivity index (χ1) is 14.7. The second kappa shape index (κ2) is 10.7. The van der Waals surface area contributed by atoms with Crippen molar-refractivity contribution in [1.82, 2.24) is 0 Å². The van der Waals surface area contributed by atoms with E-state index in [1.54, 1.807) is 24.3 Å². The highest BCUT2D eigenvalue weighted by atomic mass is 16.5. The Balaban J connectivity index is 1.50. The van der Waals surface area contributed by atoms with Gasteiger partial charge in [0.2, 0.25) is 0 Å². The third kappa shape index (κ3) is 6.10. The van der Waals surface area contributed by atoms with Gasteiger partial charge in [-0.15, -0.1) is 0 Å². The Kier molecular flexibility index (Phi) is 7.44. The number of ether oxygens (including phenoxy) is 1. The molecule has 30 heavy (non-hydrogen) atoms. The summed E-state index contributed by atoms with van der Waals surface area (Å²) in [5.74, 6) is -1.19. The van der Waals surface area contributed by atoms with Gasteiger partial charge in [-0.1, -0.05) is 55.5 Å². The maximum atomic E-state index is 12.3. The Hall–Kier alpha value is -3.80. The third-order valence-electron chi connectivity index (χ3n) is 4.43. The standard InChI is InChI=1S/C24H23N3O3/c1-2-22(18-9-5-3-6-10-18)24(29)30-17-23(28)25-19-13-15-21(16-14-19)27-26-20-11-7-4-8-12-20/h3-16,22H,2,17H2,1H3,(H,25,28)/t22-/m0/s1. The van der Waals surface area contributed by atoms with Crippen molar-refractivity contribution in [2.75, 3.05) is 11.9 Å². The van der Waals surface area contributed by atoms with Crippen LogP contribution in [0.2, 0.25) is 0 Å². The Morgan fingerprint density at radius 2 is 1.40 bits per heavy atom. The van der Waals surface area contributed by atoms with E-state index in [1.807, 2.05) is 67.6 Å². The lowest BCUT2D eigenvalue weighted by molar-refractivity contribution is -0.149. The molecule has 1 atom stereocenters. The van der Waals surface area contributed by atoms with Gasteiger partial charge in [-0.3, -0.25) is 9.59 Å². The van der Waals surface area contributed by atoms with E-state index in [-0.39, 0.29) is 12.5 Å². The molecule has 1 amide bonds. The summed E-state index contributed by atoms with van der Waals surface area (Å²) < 4.78 is 5.21. The van der Waals surface area contributed by atoms with E-state index in [1.165, 1.54) is 0 Å². The molecule has 0 unspecified atom stereocenters. The largest absolute Gasteiger partial charge is 0.455 e. The maximum Gasteiger partial charge on any atom is 0.313 e. The van der Waals surface area contributed by atoms with Crippen molar-refractivity contribution in [1.29, 1.82) is 0 Å². The molecule has 152 valence electrons. The van der Waals surface area contributed by atoms with Crippen LogP contribution in [0.3, 0.4) is 0 Å². The Labute approximate surface area is 175 Å². The number of nitrogens with one attached hydrogen (secondary N) is 1. The van der Waals surface area contributed by atoms with Gasteiger partial charge in [-0.2, -0.15) is 10.2 Å². The van der Waals surface area contributed by atoms with Crippen molar-refractivity contribution in [2.24, 2.45) is 10.2 Å². The van der Waals surface area contributed by atoms with Gasteiger partial charge in [0.15, 0.2) is 6.61 Å². The molecule has 3 aromatic rings. The molecule has 0 aliphatic carbocycles. The number of amides is 1. The SMILES string of the molecule is CC[C@H](C(=O)OCC(=O)Nc1ccc(N=Nc2ccccc2)cc1)c1ccccc1. The molecule has 0 heterocycles.